The topological polar surface area (TPSA) is 125 Å². The second-order valence-electron chi connectivity index (χ2n) is 6.71. The largest absolute Gasteiger partial charge is 0.504 e. The number of hydrogen-bond acceptors (Lipinski definition) is 8. The number of sulfonamides is 1. The first-order valence-corrected chi connectivity index (χ1v) is 11.0. The lowest BCUT2D eigenvalue weighted by atomic mass is 10.1. The predicted molar refractivity (Wildman–Crippen MR) is 118 cm³/mol. The molecule has 0 amide bonds. The maximum absolute atomic E-state index is 13.0. The van der Waals surface area contributed by atoms with E-state index in [0.717, 1.165) is 19.7 Å². The summed E-state index contributed by atoms with van der Waals surface area (Å²) in [5.74, 6) is -1.11. The van der Waals surface area contributed by atoms with Crippen LogP contribution in [0.4, 0.5) is 21.5 Å². The van der Waals surface area contributed by atoms with Gasteiger partial charge in [-0.05, 0) is 36.2 Å². The van der Waals surface area contributed by atoms with Gasteiger partial charge in [0, 0.05) is 13.6 Å². The van der Waals surface area contributed by atoms with E-state index in [-0.39, 0.29) is 34.4 Å². The van der Waals surface area contributed by atoms with Crippen LogP contribution in [0.2, 0.25) is 5.02 Å². The zero-order valence-electron chi connectivity index (χ0n) is 17.0. The lowest BCUT2D eigenvalue weighted by molar-refractivity contribution is -0.0259. The lowest BCUT2D eigenvalue weighted by Gasteiger charge is -2.19. The number of hydroxylamine groups is 1. The van der Waals surface area contributed by atoms with E-state index in [0.29, 0.717) is 10.9 Å². The van der Waals surface area contributed by atoms with Gasteiger partial charge in [0.05, 0.1) is 17.8 Å². The van der Waals surface area contributed by atoms with Crippen molar-refractivity contribution in [1.29, 1.82) is 0 Å². The van der Waals surface area contributed by atoms with Gasteiger partial charge in [0.15, 0.2) is 5.75 Å². The summed E-state index contributed by atoms with van der Waals surface area (Å²) in [5.41, 5.74) is -1.06. The summed E-state index contributed by atoms with van der Waals surface area (Å²) in [4.78, 5) is 28.1. The van der Waals surface area contributed by atoms with Gasteiger partial charge in [0.25, 0.3) is 20.9 Å². The maximum Gasteiger partial charge on any atom is 0.269 e. The summed E-state index contributed by atoms with van der Waals surface area (Å²) in [5, 5.41) is 15.7. The number of phenolic OH excluding ortho intramolecular Hbond substituents is 1. The Morgan fingerprint density at radius 3 is 2.34 bits per heavy atom. The minimum atomic E-state index is -4.30. The molecule has 0 heterocycles. The molecule has 0 saturated heterocycles. The molecule has 0 unspecified atom stereocenters. The van der Waals surface area contributed by atoms with Gasteiger partial charge in [-0.3, -0.25) is 14.4 Å². The molecule has 170 valence electrons. The van der Waals surface area contributed by atoms with Crippen molar-refractivity contribution in [1.82, 2.24) is 4.47 Å². The molecule has 0 aliphatic rings. The molecule has 3 rings (SSSR count). The van der Waals surface area contributed by atoms with Gasteiger partial charge in [0.2, 0.25) is 0 Å². The highest BCUT2D eigenvalue weighted by atomic mass is 35.5. The smallest absolute Gasteiger partial charge is 0.269 e. The van der Waals surface area contributed by atoms with Gasteiger partial charge in [-0.2, -0.15) is 0 Å². The molecule has 3 aromatic carbocycles. The Hall–Kier alpha value is -2.99. The molecule has 3 N–H and O–H groups in total. The second-order valence-corrected chi connectivity index (χ2v) is 8.99. The Morgan fingerprint density at radius 1 is 1.09 bits per heavy atom. The number of hydrogen-bond donors (Lipinski definition) is 3. The number of nitrogens with one attached hydrogen (secondary N) is 2. The van der Waals surface area contributed by atoms with Crippen molar-refractivity contribution >= 4 is 38.7 Å². The molecule has 9 nitrogen and oxygen atoms in total. The monoisotopic (exact) mass is 483 g/mol. The molecule has 0 atom stereocenters. The van der Waals surface area contributed by atoms with E-state index in [1.54, 1.807) is 12.1 Å². The third kappa shape index (κ3) is 4.46. The van der Waals surface area contributed by atoms with Crippen molar-refractivity contribution in [2.45, 2.75) is 11.3 Å². The molecule has 0 aromatic heterocycles. The van der Waals surface area contributed by atoms with Gasteiger partial charge in [-0.25, -0.2) is 12.8 Å². The number of anilines is 3. The SMILES string of the molecule is CON(C)S(=O)(=O)c1c(Cl)ccc(Nc2c(NCCc3ccc(F)cc3)c(=O)c2=O)c1O. The zero-order chi connectivity index (χ0) is 23.6. The molecule has 0 spiro atoms. The predicted octanol–water partition coefficient (Wildman–Crippen LogP) is 2.36. The van der Waals surface area contributed by atoms with E-state index in [2.05, 4.69) is 15.5 Å². The van der Waals surface area contributed by atoms with Crippen molar-refractivity contribution in [2.75, 3.05) is 31.3 Å². The molecule has 12 heteroatoms. The molecule has 0 fully saturated rings. The number of rotatable bonds is 9. The first-order chi connectivity index (χ1) is 15.1. The fourth-order valence-electron chi connectivity index (χ4n) is 2.92. The van der Waals surface area contributed by atoms with Gasteiger partial charge in [-0.15, -0.1) is 0 Å². The number of benzene rings is 2. The quantitative estimate of drug-likeness (QED) is 0.241. The van der Waals surface area contributed by atoms with Crippen LogP contribution in [-0.4, -0.2) is 38.7 Å². The number of aromatic hydroxyl groups is 1. The average Bonchev–Trinajstić information content (AvgIpc) is 2.77. The van der Waals surface area contributed by atoms with E-state index in [4.69, 9.17) is 11.6 Å². The van der Waals surface area contributed by atoms with E-state index in [9.17, 15) is 27.5 Å². The first kappa shape index (κ1) is 23.7. The summed E-state index contributed by atoms with van der Waals surface area (Å²) in [6.07, 6.45) is 0.455. The van der Waals surface area contributed by atoms with Crippen LogP contribution >= 0.6 is 11.6 Å². The third-order valence-electron chi connectivity index (χ3n) is 4.74. The second kappa shape index (κ2) is 9.25. The summed E-state index contributed by atoms with van der Waals surface area (Å²) in [6.45, 7) is 0.274. The molecule has 0 radical (unpaired) electrons. The van der Waals surface area contributed by atoms with Crippen molar-refractivity contribution in [2.24, 2.45) is 0 Å². The zero-order valence-corrected chi connectivity index (χ0v) is 18.6. The minimum Gasteiger partial charge on any atom is -0.504 e. The standard InChI is InChI=1S/C20H19ClFN3O6S/c1-25(31-2)32(29,30)20-13(21)7-8-14(17(20)26)24-16-15(18(27)19(16)28)23-10-9-11-3-5-12(22)6-4-11/h3-8,23-24,26H,9-10H2,1-2H3. The summed E-state index contributed by atoms with van der Waals surface area (Å²) in [6, 6.07) is 8.31. The lowest BCUT2D eigenvalue weighted by Crippen LogP contribution is -2.37. The normalized spacial score (nSPS) is 11.8. The Bertz CT molecular complexity index is 1320. The van der Waals surface area contributed by atoms with Crippen LogP contribution in [0.3, 0.4) is 0 Å². The molecule has 0 aliphatic heterocycles. The number of nitrogens with zero attached hydrogens (tertiary/aromatic N) is 1. The highest BCUT2D eigenvalue weighted by molar-refractivity contribution is 7.89. The fraction of sp³-hybridized carbons (Fsp3) is 0.200. The molecule has 0 saturated carbocycles. The third-order valence-corrected chi connectivity index (χ3v) is 6.92. The van der Waals surface area contributed by atoms with Crippen LogP contribution < -0.4 is 21.5 Å². The summed E-state index contributed by atoms with van der Waals surface area (Å²) < 4.78 is 38.6. The number of phenols is 1. The highest BCUT2D eigenvalue weighted by Crippen LogP contribution is 2.39. The Labute approximate surface area is 187 Å². The van der Waals surface area contributed by atoms with Crippen LogP contribution in [0, 0.1) is 5.82 Å². The van der Waals surface area contributed by atoms with Crippen molar-refractivity contribution in [3.8, 4) is 5.75 Å². The van der Waals surface area contributed by atoms with Crippen molar-refractivity contribution in [3.05, 3.63) is 73.2 Å². The maximum atomic E-state index is 13.0. The minimum absolute atomic E-state index is 0.00937. The highest BCUT2D eigenvalue weighted by Gasteiger charge is 2.30. The number of halogens is 2. The van der Waals surface area contributed by atoms with Gasteiger partial charge in [-0.1, -0.05) is 28.2 Å². The Kier molecular flexibility index (Phi) is 6.84. The average molecular weight is 484 g/mol. The van der Waals surface area contributed by atoms with E-state index >= 15 is 0 Å². The Balaban J connectivity index is 1.84. The first-order valence-electron chi connectivity index (χ1n) is 9.21. The van der Waals surface area contributed by atoms with Gasteiger partial charge in [0.1, 0.15) is 22.1 Å². The van der Waals surface area contributed by atoms with E-state index in [1.165, 1.54) is 24.3 Å². The summed E-state index contributed by atoms with van der Waals surface area (Å²) >= 11 is 5.97. The van der Waals surface area contributed by atoms with E-state index in [1.807, 2.05) is 0 Å². The van der Waals surface area contributed by atoms with Gasteiger partial charge < -0.3 is 15.7 Å². The molecule has 3 aromatic rings. The van der Waals surface area contributed by atoms with Crippen molar-refractivity contribution in [3.63, 3.8) is 0 Å². The van der Waals surface area contributed by atoms with Crippen molar-refractivity contribution < 1.29 is 22.8 Å². The summed E-state index contributed by atoms with van der Waals surface area (Å²) in [7, 11) is -2.07. The van der Waals surface area contributed by atoms with Crippen LogP contribution in [0.25, 0.3) is 0 Å². The van der Waals surface area contributed by atoms with Gasteiger partial charge >= 0.3 is 0 Å². The Morgan fingerprint density at radius 2 is 1.72 bits per heavy atom. The van der Waals surface area contributed by atoms with Crippen LogP contribution in [0.1, 0.15) is 5.56 Å². The fourth-order valence-corrected chi connectivity index (χ4v) is 4.48. The van der Waals surface area contributed by atoms with Crippen LogP contribution in [0.5, 0.6) is 5.75 Å². The molecular formula is C20H19ClFN3O6S. The molecular weight excluding hydrogens is 465 g/mol. The molecule has 0 bridgehead atoms. The van der Waals surface area contributed by atoms with Crippen LogP contribution in [-0.2, 0) is 21.3 Å². The molecule has 32 heavy (non-hydrogen) atoms. The van der Waals surface area contributed by atoms with Crippen LogP contribution in [0.15, 0.2) is 50.9 Å². The molecule has 0 aliphatic carbocycles. The van der Waals surface area contributed by atoms with E-state index < -0.39 is 31.5 Å².